The highest BCUT2D eigenvalue weighted by Crippen LogP contribution is 2.16. The molecule has 0 radical (unpaired) electrons. The molecule has 0 spiro atoms. The number of nitrogens with zero attached hydrogens (tertiary/aromatic N) is 1. The Labute approximate surface area is 126 Å². The van der Waals surface area contributed by atoms with Crippen molar-refractivity contribution in [1.82, 2.24) is 9.62 Å². The highest BCUT2D eigenvalue weighted by molar-refractivity contribution is 7.89. The fraction of sp³-hybridized carbons (Fsp3) is 0.500. The average molecular weight is 313 g/mol. The lowest BCUT2D eigenvalue weighted by Crippen LogP contribution is -2.46. The van der Waals surface area contributed by atoms with Gasteiger partial charge in [-0.15, -0.1) is 0 Å². The zero-order valence-electron chi connectivity index (χ0n) is 12.9. The Morgan fingerprint density at radius 2 is 1.86 bits per heavy atom. The fourth-order valence-corrected chi connectivity index (χ4v) is 3.43. The van der Waals surface area contributed by atoms with Gasteiger partial charge in [-0.3, -0.25) is 4.79 Å². The van der Waals surface area contributed by atoms with Crippen LogP contribution >= 0.6 is 0 Å². The quantitative estimate of drug-likeness (QED) is 0.770. The Morgan fingerprint density at radius 1 is 1.29 bits per heavy atom. The number of nitrogens with one attached hydrogen (secondary N) is 1. The SMILES string of the molecule is CCN(CC)C(=O)C(C)NS(=O)(=O)c1cc(C)cc(N)c1. The molecular weight excluding hydrogens is 290 g/mol. The van der Waals surface area contributed by atoms with Crippen LogP contribution in [0.2, 0.25) is 0 Å². The van der Waals surface area contributed by atoms with E-state index in [4.69, 9.17) is 5.73 Å². The molecule has 0 aromatic heterocycles. The summed E-state index contributed by atoms with van der Waals surface area (Å²) in [5, 5.41) is 0. The molecule has 3 N–H and O–H groups in total. The number of aryl methyl sites for hydroxylation is 1. The number of carbonyl (C=O) groups is 1. The van der Waals surface area contributed by atoms with Gasteiger partial charge in [0.05, 0.1) is 10.9 Å². The standard InChI is InChI=1S/C14H23N3O3S/c1-5-17(6-2)14(18)11(4)16-21(19,20)13-8-10(3)7-12(15)9-13/h7-9,11,16H,5-6,15H2,1-4H3. The van der Waals surface area contributed by atoms with Crippen molar-refractivity contribution in [2.75, 3.05) is 18.8 Å². The smallest absolute Gasteiger partial charge is 0.241 e. The van der Waals surface area contributed by atoms with Crippen molar-refractivity contribution in [1.29, 1.82) is 0 Å². The predicted molar refractivity (Wildman–Crippen MR) is 83.3 cm³/mol. The van der Waals surface area contributed by atoms with Crippen LogP contribution in [0.1, 0.15) is 26.3 Å². The third-order valence-corrected chi connectivity index (χ3v) is 4.68. The van der Waals surface area contributed by atoms with Crippen LogP contribution in [-0.4, -0.2) is 38.4 Å². The van der Waals surface area contributed by atoms with Crippen LogP contribution in [0, 0.1) is 6.92 Å². The van der Waals surface area contributed by atoms with Crippen LogP contribution in [-0.2, 0) is 14.8 Å². The molecule has 0 aliphatic rings. The largest absolute Gasteiger partial charge is 0.399 e. The van der Waals surface area contributed by atoms with Gasteiger partial charge in [0.25, 0.3) is 0 Å². The number of hydrogen-bond donors (Lipinski definition) is 2. The van der Waals surface area contributed by atoms with E-state index < -0.39 is 16.1 Å². The van der Waals surface area contributed by atoms with Crippen molar-refractivity contribution in [3.05, 3.63) is 23.8 Å². The van der Waals surface area contributed by atoms with Crippen molar-refractivity contribution in [2.45, 2.75) is 38.6 Å². The van der Waals surface area contributed by atoms with Gasteiger partial charge in [0, 0.05) is 18.8 Å². The molecule has 1 aromatic carbocycles. The van der Waals surface area contributed by atoms with Gasteiger partial charge in [-0.1, -0.05) is 0 Å². The predicted octanol–water partition coefficient (Wildman–Crippen LogP) is 1.11. The molecule has 118 valence electrons. The molecule has 1 rings (SSSR count). The number of anilines is 1. The minimum Gasteiger partial charge on any atom is -0.399 e. The zero-order valence-corrected chi connectivity index (χ0v) is 13.7. The van der Waals surface area contributed by atoms with Gasteiger partial charge in [0.1, 0.15) is 0 Å². The van der Waals surface area contributed by atoms with Gasteiger partial charge in [0.2, 0.25) is 15.9 Å². The summed E-state index contributed by atoms with van der Waals surface area (Å²) in [6.45, 7) is 8.09. The molecule has 0 bridgehead atoms. The summed E-state index contributed by atoms with van der Waals surface area (Å²) in [6, 6.07) is 3.76. The van der Waals surface area contributed by atoms with E-state index in [9.17, 15) is 13.2 Å². The van der Waals surface area contributed by atoms with Crippen molar-refractivity contribution in [3.8, 4) is 0 Å². The monoisotopic (exact) mass is 313 g/mol. The van der Waals surface area contributed by atoms with E-state index >= 15 is 0 Å². The molecule has 0 fully saturated rings. The number of rotatable bonds is 6. The van der Waals surface area contributed by atoms with Crippen molar-refractivity contribution in [3.63, 3.8) is 0 Å². The van der Waals surface area contributed by atoms with Crippen molar-refractivity contribution in [2.24, 2.45) is 0 Å². The van der Waals surface area contributed by atoms with E-state index in [0.29, 0.717) is 18.8 Å². The zero-order chi connectivity index (χ0) is 16.2. The second-order valence-corrected chi connectivity index (χ2v) is 6.65. The van der Waals surface area contributed by atoms with E-state index in [1.165, 1.54) is 19.1 Å². The molecule has 1 atom stereocenters. The normalized spacial score (nSPS) is 13.0. The number of benzene rings is 1. The molecule has 0 aliphatic heterocycles. The highest BCUT2D eigenvalue weighted by Gasteiger charge is 2.24. The number of nitrogen functional groups attached to an aromatic ring is 1. The first-order chi connectivity index (χ1) is 9.71. The Hall–Kier alpha value is -1.60. The molecular formula is C14H23N3O3S. The second-order valence-electron chi connectivity index (χ2n) is 4.93. The Bertz CT molecular complexity index is 590. The molecule has 0 heterocycles. The first-order valence-electron chi connectivity index (χ1n) is 6.89. The van der Waals surface area contributed by atoms with Crippen LogP contribution in [0.3, 0.4) is 0 Å². The minimum absolute atomic E-state index is 0.0687. The van der Waals surface area contributed by atoms with Crippen LogP contribution in [0.4, 0.5) is 5.69 Å². The lowest BCUT2D eigenvalue weighted by atomic mass is 10.2. The summed E-state index contributed by atoms with van der Waals surface area (Å²) in [5.41, 5.74) is 6.79. The lowest BCUT2D eigenvalue weighted by molar-refractivity contribution is -0.132. The van der Waals surface area contributed by atoms with Gasteiger partial charge in [-0.05, 0) is 51.5 Å². The fourth-order valence-electron chi connectivity index (χ4n) is 2.09. The minimum atomic E-state index is -3.78. The van der Waals surface area contributed by atoms with Gasteiger partial charge in [0.15, 0.2) is 0 Å². The Morgan fingerprint density at radius 3 is 2.33 bits per heavy atom. The maximum Gasteiger partial charge on any atom is 0.241 e. The summed E-state index contributed by atoms with van der Waals surface area (Å²) in [4.78, 5) is 13.8. The molecule has 1 amide bonds. The third-order valence-electron chi connectivity index (χ3n) is 3.16. The van der Waals surface area contributed by atoms with Crippen molar-refractivity contribution >= 4 is 21.6 Å². The van der Waals surface area contributed by atoms with Gasteiger partial charge in [-0.2, -0.15) is 4.72 Å². The summed E-state index contributed by atoms with van der Waals surface area (Å²) in [7, 11) is -3.78. The molecule has 0 saturated carbocycles. The molecule has 6 nitrogen and oxygen atoms in total. The number of carbonyl (C=O) groups excluding carboxylic acids is 1. The average Bonchev–Trinajstić information content (AvgIpc) is 2.38. The number of hydrogen-bond acceptors (Lipinski definition) is 4. The van der Waals surface area contributed by atoms with Crippen molar-refractivity contribution < 1.29 is 13.2 Å². The summed E-state index contributed by atoms with van der Waals surface area (Å²) in [5.74, 6) is -0.246. The van der Waals surface area contributed by atoms with E-state index in [-0.39, 0.29) is 10.8 Å². The van der Waals surface area contributed by atoms with E-state index in [2.05, 4.69) is 4.72 Å². The molecule has 0 saturated heterocycles. The first-order valence-corrected chi connectivity index (χ1v) is 8.37. The van der Waals surface area contributed by atoms with E-state index in [0.717, 1.165) is 5.56 Å². The molecule has 7 heteroatoms. The molecule has 1 unspecified atom stereocenters. The highest BCUT2D eigenvalue weighted by atomic mass is 32.2. The topological polar surface area (TPSA) is 92.5 Å². The number of likely N-dealkylation sites (N-methyl/N-ethyl adjacent to an activating group) is 1. The Balaban J connectivity index is 2.97. The van der Waals surface area contributed by atoms with Gasteiger partial charge in [-0.25, -0.2) is 8.42 Å². The van der Waals surface area contributed by atoms with E-state index in [1.807, 2.05) is 13.8 Å². The molecule has 0 aliphatic carbocycles. The third kappa shape index (κ3) is 4.44. The maximum absolute atomic E-state index is 12.3. The maximum atomic E-state index is 12.3. The number of nitrogens with two attached hydrogens (primary N) is 1. The number of amides is 1. The molecule has 1 aromatic rings. The Kier molecular flexibility index (Phi) is 5.74. The van der Waals surface area contributed by atoms with Gasteiger partial charge < -0.3 is 10.6 Å². The summed E-state index contributed by atoms with van der Waals surface area (Å²) < 4.78 is 27.0. The number of sulfonamides is 1. The van der Waals surface area contributed by atoms with Crippen LogP contribution < -0.4 is 10.5 Å². The van der Waals surface area contributed by atoms with Crippen LogP contribution in [0.5, 0.6) is 0 Å². The first kappa shape index (κ1) is 17.5. The van der Waals surface area contributed by atoms with Crippen LogP contribution in [0.15, 0.2) is 23.1 Å². The molecule has 21 heavy (non-hydrogen) atoms. The summed E-state index contributed by atoms with van der Waals surface area (Å²) >= 11 is 0. The van der Waals surface area contributed by atoms with Gasteiger partial charge >= 0.3 is 0 Å². The van der Waals surface area contributed by atoms with Crippen LogP contribution in [0.25, 0.3) is 0 Å². The summed E-state index contributed by atoms with van der Waals surface area (Å²) in [6.07, 6.45) is 0. The lowest BCUT2D eigenvalue weighted by Gasteiger charge is -2.23. The second kappa shape index (κ2) is 6.91. The van der Waals surface area contributed by atoms with E-state index in [1.54, 1.807) is 17.9 Å².